The van der Waals surface area contributed by atoms with Gasteiger partial charge in [-0.25, -0.2) is 13.4 Å². The molecule has 2 rings (SSSR count). The van der Waals surface area contributed by atoms with E-state index in [-0.39, 0.29) is 5.75 Å². The Bertz CT molecular complexity index is 732. The highest BCUT2D eigenvalue weighted by atomic mass is 79.9. The molecule has 0 aliphatic heterocycles. The number of para-hydroxylation sites is 1. The van der Waals surface area contributed by atoms with Gasteiger partial charge in [-0.3, -0.25) is 4.72 Å². The van der Waals surface area contributed by atoms with E-state index >= 15 is 0 Å². The first-order valence-corrected chi connectivity index (χ1v) is 8.28. The maximum Gasteiger partial charge on any atom is 0.238 e. The summed E-state index contributed by atoms with van der Waals surface area (Å²) in [5.41, 5.74) is 7.67. The van der Waals surface area contributed by atoms with Gasteiger partial charge in [0.25, 0.3) is 0 Å². The average Bonchev–Trinajstić information content (AvgIpc) is 2.36. The van der Waals surface area contributed by atoms with E-state index in [9.17, 15) is 8.42 Å². The number of nitrogens with one attached hydrogen (secondary N) is 1. The fourth-order valence-electron chi connectivity index (χ4n) is 1.66. The standard InChI is InChI=1S/C13H14BrN3O2S/c1-9-6-13(16-7-11(9)14)17-20(18,19)8-10-4-2-3-5-12(10)15/h2-7H,8,15H2,1H3,(H,16,17). The van der Waals surface area contributed by atoms with Crippen molar-refractivity contribution in [2.24, 2.45) is 0 Å². The number of sulfonamides is 1. The summed E-state index contributed by atoms with van der Waals surface area (Å²) in [7, 11) is -3.55. The minimum atomic E-state index is -3.55. The maximum absolute atomic E-state index is 12.1. The molecule has 106 valence electrons. The lowest BCUT2D eigenvalue weighted by atomic mass is 10.2. The van der Waals surface area contributed by atoms with Crippen molar-refractivity contribution in [3.63, 3.8) is 0 Å². The quantitative estimate of drug-likeness (QED) is 0.825. The van der Waals surface area contributed by atoms with E-state index in [2.05, 4.69) is 25.6 Å². The molecule has 0 fully saturated rings. The highest BCUT2D eigenvalue weighted by Crippen LogP contribution is 2.20. The van der Waals surface area contributed by atoms with E-state index in [1.165, 1.54) is 0 Å². The molecule has 20 heavy (non-hydrogen) atoms. The molecule has 0 amide bonds. The van der Waals surface area contributed by atoms with Crippen LogP contribution in [0.1, 0.15) is 11.1 Å². The van der Waals surface area contributed by atoms with Gasteiger partial charge in [-0.1, -0.05) is 18.2 Å². The zero-order chi connectivity index (χ0) is 14.8. The number of nitrogens with two attached hydrogens (primary N) is 1. The first-order valence-electron chi connectivity index (χ1n) is 5.83. The Morgan fingerprint density at radius 2 is 2.05 bits per heavy atom. The van der Waals surface area contributed by atoms with Crippen molar-refractivity contribution in [3.05, 3.63) is 52.1 Å². The molecule has 0 atom stereocenters. The molecule has 0 spiro atoms. The van der Waals surface area contributed by atoms with Gasteiger partial charge in [0.05, 0.1) is 5.75 Å². The Kier molecular flexibility index (Phi) is 4.29. The fourth-order valence-corrected chi connectivity index (χ4v) is 3.05. The molecule has 0 aliphatic rings. The molecule has 1 aromatic heterocycles. The largest absolute Gasteiger partial charge is 0.398 e. The Balaban J connectivity index is 2.19. The van der Waals surface area contributed by atoms with Crippen molar-refractivity contribution >= 4 is 37.5 Å². The molecule has 0 saturated carbocycles. The number of aryl methyl sites for hydroxylation is 1. The van der Waals surface area contributed by atoms with Gasteiger partial charge >= 0.3 is 0 Å². The lowest BCUT2D eigenvalue weighted by molar-refractivity contribution is 0.600. The topological polar surface area (TPSA) is 85.1 Å². The van der Waals surface area contributed by atoms with Crippen molar-refractivity contribution in [2.75, 3.05) is 10.5 Å². The van der Waals surface area contributed by atoms with Gasteiger partial charge in [0.2, 0.25) is 10.0 Å². The first-order chi connectivity index (χ1) is 9.37. The molecule has 0 bridgehead atoms. The number of benzene rings is 1. The molecule has 2 aromatic rings. The highest BCUT2D eigenvalue weighted by molar-refractivity contribution is 9.10. The van der Waals surface area contributed by atoms with Crippen LogP contribution in [0.3, 0.4) is 0 Å². The summed E-state index contributed by atoms with van der Waals surface area (Å²) in [4.78, 5) is 4.02. The molecular weight excluding hydrogens is 342 g/mol. The van der Waals surface area contributed by atoms with Crippen LogP contribution in [0.4, 0.5) is 11.5 Å². The lowest BCUT2D eigenvalue weighted by Gasteiger charge is -2.09. The number of hydrogen-bond acceptors (Lipinski definition) is 4. The number of hydrogen-bond donors (Lipinski definition) is 2. The molecule has 0 saturated heterocycles. The Labute approximate surface area is 126 Å². The number of aromatic nitrogens is 1. The van der Waals surface area contributed by atoms with E-state index < -0.39 is 10.0 Å². The molecular formula is C13H14BrN3O2S. The molecule has 1 aromatic carbocycles. The van der Waals surface area contributed by atoms with Gasteiger partial charge in [-0.2, -0.15) is 0 Å². The molecule has 5 nitrogen and oxygen atoms in total. The van der Waals surface area contributed by atoms with Crippen LogP contribution in [0, 0.1) is 6.92 Å². The fraction of sp³-hybridized carbons (Fsp3) is 0.154. The van der Waals surface area contributed by atoms with Crippen LogP contribution in [0.25, 0.3) is 0 Å². The third-order valence-electron chi connectivity index (χ3n) is 2.71. The minimum absolute atomic E-state index is 0.184. The van der Waals surface area contributed by atoms with Crippen LogP contribution in [0.15, 0.2) is 41.0 Å². The first kappa shape index (κ1) is 14.8. The van der Waals surface area contributed by atoms with Crippen LogP contribution >= 0.6 is 15.9 Å². The predicted octanol–water partition coefficient (Wildman–Crippen LogP) is 2.68. The summed E-state index contributed by atoms with van der Waals surface area (Å²) in [5.74, 6) is 0.108. The molecule has 0 radical (unpaired) electrons. The third-order valence-corrected chi connectivity index (χ3v) is 4.75. The molecule has 1 heterocycles. The van der Waals surface area contributed by atoms with Crippen LogP contribution in [0.2, 0.25) is 0 Å². The number of nitrogens with zero attached hydrogens (tertiary/aromatic N) is 1. The summed E-state index contributed by atoms with van der Waals surface area (Å²) in [6, 6.07) is 8.54. The predicted molar refractivity (Wildman–Crippen MR) is 83.8 cm³/mol. The van der Waals surface area contributed by atoms with Crippen molar-refractivity contribution < 1.29 is 8.42 Å². The Morgan fingerprint density at radius 3 is 2.70 bits per heavy atom. The van der Waals surface area contributed by atoms with Crippen LogP contribution in [-0.4, -0.2) is 13.4 Å². The smallest absolute Gasteiger partial charge is 0.238 e. The molecule has 0 aliphatic carbocycles. The van der Waals surface area contributed by atoms with Gasteiger partial charge in [-0.05, 0) is 46.1 Å². The third kappa shape index (κ3) is 3.71. The van der Waals surface area contributed by atoms with Crippen molar-refractivity contribution in [1.82, 2.24) is 4.98 Å². The van der Waals surface area contributed by atoms with Gasteiger partial charge < -0.3 is 5.73 Å². The SMILES string of the molecule is Cc1cc(NS(=O)(=O)Cc2ccccc2N)ncc1Br. The normalized spacial score (nSPS) is 11.3. The van der Waals surface area contributed by atoms with Gasteiger partial charge in [0, 0.05) is 16.4 Å². The summed E-state index contributed by atoms with van der Waals surface area (Å²) in [6.07, 6.45) is 1.56. The Morgan fingerprint density at radius 1 is 1.35 bits per heavy atom. The second kappa shape index (κ2) is 5.80. The average molecular weight is 356 g/mol. The zero-order valence-electron chi connectivity index (χ0n) is 10.8. The van der Waals surface area contributed by atoms with E-state index in [1.807, 2.05) is 6.92 Å². The van der Waals surface area contributed by atoms with E-state index in [0.717, 1.165) is 10.0 Å². The van der Waals surface area contributed by atoms with E-state index in [4.69, 9.17) is 5.73 Å². The monoisotopic (exact) mass is 355 g/mol. The number of rotatable bonds is 4. The van der Waals surface area contributed by atoms with Gasteiger partial charge in [0.15, 0.2) is 0 Å². The zero-order valence-corrected chi connectivity index (χ0v) is 13.2. The summed E-state index contributed by atoms with van der Waals surface area (Å²) < 4.78 is 27.5. The maximum atomic E-state index is 12.1. The second-order valence-electron chi connectivity index (χ2n) is 4.38. The molecule has 3 N–H and O–H groups in total. The number of pyridine rings is 1. The van der Waals surface area contributed by atoms with Crippen molar-refractivity contribution in [2.45, 2.75) is 12.7 Å². The van der Waals surface area contributed by atoms with Crippen LogP contribution < -0.4 is 10.5 Å². The van der Waals surface area contributed by atoms with E-state index in [1.54, 1.807) is 36.5 Å². The van der Waals surface area contributed by atoms with Crippen molar-refractivity contribution in [1.29, 1.82) is 0 Å². The van der Waals surface area contributed by atoms with Crippen molar-refractivity contribution in [3.8, 4) is 0 Å². The minimum Gasteiger partial charge on any atom is -0.398 e. The number of nitrogen functional groups attached to an aromatic ring is 1. The second-order valence-corrected chi connectivity index (χ2v) is 6.96. The summed E-state index contributed by atoms with van der Waals surface area (Å²) >= 11 is 3.32. The summed E-state index contributed by atoms with van der Waals surface area (Å²) in [5, 5.41) is 0. The van der Waals surface area contributed by atoms with Gasteiger partial charge in [-0.15, -0.1) is 0 Å². The number of anilines is 2. The lowest BCUT2D eigenvalue weighted by Crippen LogP contribution is -2.16. The van der Waals surface area contributed by atoms with Crippen LogP contribution in [0.5, 0.6) is 0 Å². The van der Waals surface area contributed by atoms with E-state index in [0.29, 0.717) is 17.1 Å². The molecule has 0 unspecified atom stereocenters. The Hall–Kier alpha value is -1.60. The molecule has 7 heteroatoms. The number of halogens is 1. The van der Waals surface area contributed by atoms with Gasteiger partial charge in [0.1, 0.15) is 5.82 Å². The van der Waals surface area contributed by atoms with Crippen LogP contribution in [-0.2, 0) is 15.8 Å². The highest BCUT2D eigenvalue weighted by Gasteiger charge is 2.14. The summed E-state index contributed by atoms with van der Waals surface area (Å²) in [6.45, 7) is 1.86.